The molecule has 0 spiro atoms. The lowest BCUT2D eigenvalue weighted by Gasteiger charge is -2.27. The molecule has 0 saturated heterocycles. The van der Waals surface area contributed by atoms with Gasteiger partial charge >= 0.3 is 12.4 Å². The van der Waals surface area contributed by atoms with Gasteiger partial charge in [-0.2, -0.15) is 26.3 Å². The van der Waals surface area contributed by atoms with Crippen molar-refractivity contribution in [3.8, 4) is 5.75 Å². The minimum absolute atomic E-state index is 0.0345. The Bertz CT molecular complexity index is 1590. The van der Waals surface area contributed by atoms with Gasteiger partial charge in [0, 0.05) is 42.3 Å². The number of likely N-dealkylation sites (N-methyl/N-ethyl adjacent to an activating group) is 1. The lowest BCUT2D eigenvalue weighted by Crippen LogP contribution is -2.38. The van der Waals surface area contributed by atoms with Gasteiger partial charge in [0.1, 0.15) is 5.75 Å². The minimum atomic E-state index is -5.11. The monoisotopic (exact) mass is 603 g/mol. The highest BCUT2D eigenvalue weighted by molar-refractivity contribution is 5.95. The summed E-state index contributed by atoms with van der Waals surface area (Å²) in [5.74, 6) is -0.949. The number of hydrogen-bond donors (Lipinski definition) is 2. The predicted molar refractivity (Wildman–Crippen MR) is 148 cm³/mol. The summed E-state index contributed by atoms with van der Waals surface area (Å²) >= 11 is 0. The van der Waals surface area contributed by atoms with E-state index in [-0.39, 0.29) is 19.0 Å². The molecular formula is C31H27F6N3O3. The number of H-pyrrole nitrogens is 1. The number of carbonyl (C=O) groups excluding carboxylic acids is 2. The smallest absolute Gasteiger partial charge is 0.416 e. The van der Waals surface area contributed by atoms with Gasteiger partial charge in [-0.15, -0.1) is 0 Å². The van der Waals surface area contributed by atoms with Crippen LogP contribution in [0.25, 0.3) is 10.9 Å². The fraction of sp³-hybridized carbons (Fsp3) is 0.226. The Morgan fingerprint density at radius 2 is 1.58 bits per heavy atom. The molecule has 1 unspecified atom stereocenters. The van der Waals surface area contributed by atoms with Gasteiger partial charge in [-0.05, 0) is 53.9 Å². The van der Waals surface area contributed by atoms with Crippen molar-refractivity contribution in [2.75, 3.05) is 14.2 Å². The van der Waals surface area contributed by atoms with E-state index in [1.807, 2.05) is 18.2 Å². The van der Waals surface area contributed by atoms with Gasteiger partial charge in [-0.25, -0.2) is 0 Å². The van der Waals surface area contributed by atoms with Gasteiger partial charge in [0.15, 0.2) is 0 Å². The number of alkyl halides is 6. The van der Waals surface area contributed by atoms with Crippen LogP contribution in [0.1, 0.15) is 32.6 Å². The molecule has 12 heteroatoms. The van der Waals surface area contributed by atoms with Gasteiger partial charge in [0.25, 0.3) is 5.91 Å². The largest absolute Gasteiger partial charge is 0.497 e. The molecule has 4 aromatic rings. The van der Waals surface area contributed by atoms with Crippen LogP contribution in [0, 0.1) is 0 Å². The number of aromatic amines is 1. The summed E-state index contributed by atoms with van der Waals surface area (Å²) in [6.45, 7) is 0.180. The number of ether oxygens (including phenoxy) is 1. The Kier molecular flexibility index (Phi) is 9.17. The second-order valence-electron chi connectivity index (χ2n) is 9.77. The lowest BCUT2D eigenvalue weighted by molar-refractivity contribution is -0.143. The van der Waals surface area contributed by atoms with Crippen LogP contribution in [-0.4, -0.2) is 41.9 Å². The van der Waals surface area contributed by atoms with E-state index in [0.717, 1.165) is 26.9 Å². The summed E-state index contributed by atoms with van der Waals surface area (Å²) in [6, 6.07) is 14.1. The number of amides is 2. The second kappa shape index (κ2) is 12.6. The number of para-hydroxylation sites is 1. The molecule has 6 nitrogen and oxygen atoms in total. The van der Waals surface area contributed by atoms with E-state index in [2.05, 4.69) is 10.3 Å². The molecule has 0 saturated carbocycles. The molecule has 226 valence electrons. The third-order valence-corrected chi connectivity index (χ3v) is 6.85. The zero-order chi connectivity index (χ0) is 31.4. The van der Waals surface area contributed by atoms with Gasteiger partial charge in [0.05, 0.1) is 24.3 Å². The first-order valence-electron chi connectivity index (χ1n) is 13.0. The Hall–Kier alpha value is -4.74. The fourth-order valence-electron chi connectivity index (χ4n) is 4.48. The number of halogens is 6. The molecular weight excluding hydrogens is 576 g/mol. The predicted octanol–water partition coefficient (Wildman–Crippen LogP) is 6.77. The van der Waals surface area contributed by atoms with Crippen LogP contribution in [-0.2, 0) is 30.1 Å². The van der Waals surface area contributed by atoms with Gasteiger partial charge < -0.3 is 19.9 Å². The van der Waals surface area contributed by atoms with Gasteiger partial charge in [-0.3, -0.25) is 9.59 Å². The van der Waals surface area contributed by atoms with Crippen molar-refractivity contribution in [1.29, 1.82) is 0 Å². The summed E-state index contributed by atoms with van der Waals surface area (Å²) in [6.07, 6.45) is -5.85. The summed E-state index contributed by atoms with van der Waals surface area (Å²) in [5.41, 5.74) is -1.68. The van der Waals surface area contributed by atoms with E-state index in [1.165, 1.54) is 26.3 Å². The number of nitrogens with zero attached hydrogens (tertiary/aromatic N) is 1. The SMILES string of the molecule is COc1ccc(CNC(=O)C=CC(Cc2c[nH]c3ccccc23)N(C)C(=O)c2cc(C(F)(F)F)cc(C(F)(F)F)c2)cc1. The Labute approximate surface area is 243 Å². The number of rotatable bonds is 9. The molecule has 0 aliphatic heterocycles. The molecule has 0 aliphatic rings. The molecule has 0 aliphatic carbocycles. The average molecular weight is 604 g/mol. The van der Waals surface area contributed by atoms with Crippen molar-refractivity contribution in [2.24, 2.45) is 0 Å². The molecule has 2 N–H and O–H groups in total. The normalized spacial score (nSPS) is 12.8. The van der Waals surface area contributed by atoms with Crippen LogP contribution < -0.4 is 10.1 Å². The van der Waals surface area contributed by atoms with Crippen molar-refractivity contribution < 1.29 is 40.7 Å². The first-order valence-corrected chi connectivity index (χ1v) is 13.0. The van der Waals surface area contributed by atoms with E-state index < -0.39 is 46.9 Å². The molecule has 1 aromatic heterocycles. The molecule has 4 rings (SSSR count). The third-order valence-electron chi connectivity index (χ3n) is 6.85. The van der Waals surface area contributed by atoms with E-state index in [0.29, 0.717) is 17.9 Å². The summed E-state index contributed by atoms with van der Waals surface area (Å²) in [4.78, 5) is 30.1. The summed E-state index contributed by atoms with van der Waals surface area (Å²) in [7, 11) is 2.78. The van der Waals surface area contributed by atoms with Crippen molar-refractivity contribution in [1.82, 2.24) is 15.2 Å². The quantitative estimate of drug-likeness (QED) is 0.164. The number of methoxy groups -OCH3 is 1. The van der Waals surface area contributed by atoms with Crippen molar-refractivity contribution in [3.05, 3.63) is 113 Å². The molecule has 0 bridgehead atoms. The van der Waals surface area contributed by atoms with Crippen LogP contribution >= 0.6 is 0 Å². The number of aromatic nitrogens is 1. The molecule has 3 aromatic carbocycles. The molecule has 1 heterocycles. The van der Waals surface area contributed by atoms with Crippen LogP contribution in [0.15, 0.2) is 85.1 Å². The summed E-state index contributed by atoms with van der Waals surface area (Å²) < 4.78 is 85.8. The molecule has 2 amide bonds. The summed E-state index contributed by atoms with van der Waals surface area (Å²) in [5, 5.41) is 3.51. The molecule has 0 fully saturated rings. The third kappa shape index (κ3) is 7.76. The number of carbonyl (C=O) groups is 2. The zero-order valence-electron chi connectivity index (χ0n) is 23.0. The lowest BCUT2D eigenvalue weighted by atomic mass is 10.0. The van der Waals surface area contributed by atoms with Crippen molar-refractivity contribution >= 4 is 22.7 Å². The number of benzene rings is 3. The Morgan fingerprint density at radius 1 is 0.953 bits per heavy atom. The Balaban J connectivity index is 1.62. The highest BCUT2D eigenvalue weighted by Crippen LogP contribution is 2.36. The standard InChI is InChI=1S/C31H27F6N3O3/c1-40(29(42)20-13-22(30(32,33)34)16-23(14-20)31(35,36)37)24(15-21-18-38-27-6-4-3-5-26(21)27)9-12-28(41)39-17-19-7-10-25(43-2)11-8-19/h3-14,16,18,24,38H,15,17H2,1-2H3,(H,39,41). The topological polar surface area (TPSA) is 74.4 Å². The average Bonchev–Trinajstić information content (AvgIpc) is 3.39. The van der Waals surface area contributed by atoms with Gasteiger partial charge in [0.2, 0.25) is 5.91 Å². The number of hydrogen-bond acceptors (Lipinski definition) is 3. The number of nitrogens with one attached hydrogen (secondary N) is 2. The van der Waals surface area contributed by atoms with E-state index in [4.69, 9.17) is 4.74 Å². The highest BCUT2D eigenvalue weighted by atomic mass is 19.4. The van der Waals surface area contributed by atoms with Crippen LogP contribution in [0.3, 0.4) is 0 Å². The maximum absolute atomic E-state index is 13.4. The first-order chi connectivity index (χ1) is 20.3. The minimum Gasteiger partial charge on any atom is -0.497 e. The maximum atomic E-state index is 13.4. The molecule has 43 heavy (non-hydrogen) atoms. The van der Waals surface area contributed by atoms with Crippen molar-refractivity contribution in [3.63, 3.8) is 0 Å². The Morgan fingerprint density at radius 3 is 2.19 bits per heavy atom. The van der Waals surface area contributed by atoms with E-state index in [1.54, 1.807) is 36.5 Å². The molecule has 0 radical (unpaired) electrons. The van der Waals surface area contributed by atoms with Crippen LogP contribution in [0.4, 0.5) is 26.3 Å². The second-order valence-corrected chi connectivity index (χ2v) is 9.77. The van der Waals surface area contributed by atoms with E-state index >= 15 is 0 Å². The van der Waals surface area contributed by atoms with Gasteiger partial charge in [-0.1, -0.05) is 36.4 Å². The first kappa shape index (κ1) is 31.2. The fourth-order valence-corrected chi connectivity index (χ4v) is 4.48. The number of fused-ring (bicyclic) bond motifs is 1. The van der Waals surface area contributed by atoms with Crippen molar-refractivity contribution in [2.45, 2.75) is 31.4 Å². The van der Waals surface area contributed by atoms with Crippen LogP contribution in [0.2, 0.25) is 0 Å². The van der Waals surface area contributed by atoms with E-state index in [9.17, 15) is 35.9 Å². The maximum Gasteiger partial charge on any atom is 0.416 e. The van der Waals surface area contributed by atoms with Crippen LogP contribution in [0.5, 0.6) is 5.75 Å². The highest BCUT2D eigenvalue weighted by Gasteiger charge is 2.38. The zero-order valence-corrected chi connectivity index (χ0v) is 23.0. The molecule has 1 atom stereocenters.